The van der Waals surface area contributed by atoms with Crippen molar-refractivity contribution in [1.82, 2.24) is 0 Å². The highest BCUT2D eigenvalue weighted by Crippen LogP contribution is 2.42. The molecular formula is C12H23NO. The van der Waals surface area contributed by atoms with Gasteiger partial charge in [0, 0.05) is 18.4 Å². The third-order valence-electron chi connectivity index (χ3n) is 3.39. The fourth-order valence-electron chi connectivity index (χ4n) is 1.95. The molecule has 1 aliphatic rings. The van der Waals surface area contributed by atoms with Crippen LogP contribution in [0.5, 0.6) is 0 Å². The molecule has 0 unspecified atom stereocenters. The van der Waals surface area contributed by atoms with Crippen molar-refractivity contribution in [3.63, 3.8) is 0 Å². The number of Topliss-reactive ketones (excluding diaryl/α,β-unsaturated/α-hetero) is 1. The Morgan fingerprint density at radius 1 is 1.36 bits per heavy atom. The molecule has 14 heavy (non-hydrogen) atoms. The number of nitrogens with two attached hydrogens (primary N) is 1. The molecule has 0 atom stereocenters. The molecule has 1 saturated carbocycles. The minimum atomic E-state index is -0.120. The fraction of sp³-hybridized carbons (Fsp3) is 0.917. The Morgan fingerprint density at radius 3 is 2.21 bits per heavy atom. The second-order valence-electron chi connectivity index (χ2n) is 5.82. The highest BCUT2D eigenvalue weighted by molar-refractivity contribution is 5.85. The van der Waals surface area contributed by atoms with Gasteiger partial charge in [-0.3, -0.25) is 4.79 Å². The van der Waals surface area contributed by atoms with E-state index in [9.17, 15) is 4.79 Å². The Labute approximate surface area is 87.2 Å². The average Bonchev–Trinajstić information content (AvgIpc) is 1.98. The molecule has 2 N–H and O–H groups in total. The Bertz CT molecular complexity index is 205. The van der Waals surface area contributed by atoms with Crippen molar-refractivity contribution in [2.75, 3.05) is 6.54 Å². The fourth-order valence-corrected chi connectivity index (χ4v) is 1.95. The zero-order chi connectivity index (χ0) is 10.8. The second kappa shape index (κ2) is 4.01. The summed E-state index contributed by atoms with van der Waals surface area (Å²) in [5.41, 5.74) is 5.83. The van der Waals surface area contributed by atoms with Gasteiger partial charge in [0.2, 0.25) is 0 Å². The number of rotatable bonds is 4. The van der Waals surface area contributed by atoms with E-state index >= 15 is 0 Å². The molecule has 0 heterocycles. The predicted octanol–water partition coefficient (Wildman–Crippen LogP) is 2.51. The van der Waals surface area contributed by atoms with Gasteiger partial charge >= 0.3 is 0 Å². The van der Waals surface area contributed by atoms with E-state index in [2.05, 4.69) is 20.8 Å². The Balaban J connectivity index is 2.42. The molecule has 2 heteroatoms. The summed E-state index contributed by atoms with van der Waals surface area (Å²) in [6.45, 7) is 7.08. The molecule has 0 amide bonds. The molecule has 1 fully saturated rings. The summed E-state index contributed by atoms with van der Waals surface area (Å²) in [5.74, 6) is 0.404. The van der Waals surface area contributed by atoms with Gasteiger partial charge < -0.3 is 5.73 Å². The van der Waals surface area contributed by atoms with Crippen LogP contribution in [-0.4, -0.2) is 12.3 Å². The van der Waals surface area contributed by atoms with Gasteiger partial charge in [-0.1, -0.05) is 27.2 Å². The van der Waals surface area contributed by atoms with Crippen molar-refractivity contribution in [2.45, 2.75) is 52.9 Å². The maximum Gasteiger partial charge on any atom is 0.140 e. The molecule has 0 aromatic carbocycles. The molecule has 1 aliphatic carbocycles. The Morgan fingerprint density at radius 2 is 1.93 bits per heavy atom. The smallest absolute Gasteiger partial charge is 0.140 e. The van der Waals surface area contributed by atoms with E-state index in [0.717, 1.165) is 19.3 Å². The molecular weight excluding hydrogens is 174 g/mol. The minimum Gasteiger partial charge on any atom is -0.329 e. The third-order valence-corrected chi connectivity index (χ3v) is 3.39. The van der Waals surface area contributed by atoms with Gasteiger partial charge in [-0.2, -0.15) is 0 Å². The van der Waals surface area contributed by atoms with Gasteiger partial charge in [0.25, 0.3) is 0 Å². The van der Waals surface area contributed by atoms with Crippen LogP contribution in [0.4, 0.5) is 0 Å². The largest absolute Gasteiger partial charge is 0.329 e. The van der Waals surface area contributed by atoms with E-state index in [4.69, 9.17) is 5.73 Å². The van der Waals surface area contributed by atoms with Crippen LogP contribution in [0.25, 0.3) is 0 Å². The van der Waals surface area contributed by atoms with E-state index in [1.54, 1.807) is 0 Å². The maximum atomic E-state index is 11.9. The lowest BCUT2D eigenvalue weighted by molar-refractivity contribution is -0.133. The second-order valence-corrected chi connectivity index (χ2v) is 5.82. The van der Waals surface area contributed by atoms with Crippen LogP contribution in [-0.2, 0) is 4.79 Å². The van der Waals surface area contributed by atoms with Gasteiger partial charge in [-0.05, 0) is 24.7 Å². The maximum absolute atomic E-state index is 11.9. The van der Waals surface area contributed by atoms with Gasteiger partial charge in [-0.25, -0.2) is 0 Å². The summed E-state index contributed by atoms with van der Waals surface area (Å²) in [5, 5.41) is 0. The molecule has 0 saturated heterocycles. The number of ketones is 1. The molecule has 0 spiro atoms. The van der Waals surface area contributed by atoms with Crippen molar-refractivity contribution >= 4 is 5.78 Å². The molecule has 0 radical (unpaired) electrons. The van der Waals surface area contributed by atoms with Crippen LogP contribution in [0, 0.1) is 10.8 Å². The molecule has 82 valence electrons. The van der Waals surface area contributed by atoms with Crippen molar-refractivity contribution in [3.05, 3.63) is 0 Å². The highest BCUT2D eigenvalue weighted by atomic mass is 16.1. The van der Waals surface area contributed by atoms with E-state index in [-0.39, 0.29) is 10.8 Å². The molecule has 0 aromatic heterocycles. The topological polar surface area (TPSA) is 43.1 Å². The number of carbonyl (C=O) groups is 1. The van der Waals surface area contributed by atoms with E-state index < -0.39 is 0 Å². The van der Waals surface area contributed by atoms with Gasteiger partial charge in [-0.15, -0.1) is 0 Å². The highest BCUT2D eigenvalue weighted by Gasteiger charge is 2.42. The lowest BCUT2D eigenvalue weighted by Gasteiger charge is -2.39. The first-order valence-corrected chi connectivity index (χ1v) is 5.63. The summed E-state index contributed by atoms with van der Waals surface area (Å²) in [4.78, 5) is 11.9. The minimum absolute atomic E-state index is 0.120. The SMILES string of the molecule is CC(C)(C)CCC(=O)C1(CN)CCC1. The predicted molar refractivity (Wildman–Crippen MR) is 59.0 cm³/mol. The summed E-state index contributed by atoms with van der Waals surface area (Å²) < 4.78 is 0. The number of carbonyl (C=O) groups excluding carboxylic acids is 1. The van der Waals surface area contributed by atoms with E-state index in [0.29, 0.717) is 18.7 Å². The lowest BCUT2D eigenvalue weighted by Crippen LogP contribution is -2.44. The van der Waals surface area contributed by atoms with E-state index in [1.165, 1.54) is 6.42 Å². The average molecular weight is 197 g/mol. The first-order chi connectivity index (χ1) is 6.40. The van der Waals surface area contributed by atoms with Gasteiger partial charge in [0.1, 0.15) is 5.78 Å². The van der Waals surface area contributed by atoms with Gasteiger partial charge in [0.05, 0.1) is 0 Å². The van der Waals surface area contributed by atoms with Crippen LogP contribution < -0.4 is 5.73 Å². The standard InChI is InChI=1S/C12H23NO/c1-11(2,3)8-5-10(14)12(9-13)6-4-7-12/h4-9,13H2,1-3H3. The van der Waals surface area contributed by atoms with Crippen LogP contribution in [0.15, 0.2) is 0 Å². The number of hydrogen-bond donors (Lipinski definition) is 1. The van der Waals surface area contributed by atoms with Crippen molar-refractivity contribution < 1.29 is 4.79 Å². The Hall–Kier alpha value is -0.370. The molecule has 0 aliphatic heterocycles. The Kier molecular flexibility index (Phi) is 3.36. The summed E-state index contributed by atoms with van der Waals surface area (Å²) in [6, 6.07) is 0. The number of hydrogen-bond acceptors (Lipinski definition) is 2. The third kappa shape index (κ3) is 2.57. The van der Waals surface area contributed by atoms with Crippen LogP contribution in [0.1, 0.15) is 52.9 Å². The normalized spacial score (nSPS) is 20.3. The van der Waals surface area contributed by atoms with Crippen molar-refractivity contribution in [3.8, 4) is 0 Å². The molecule has 2 nitrogen and oxygen atoms in total. The van der Waals surface area contributed by atoms with Crippen LogP contribution in [0.2, 0.25) is 0 Å². The quantitative estimate of drug-likeness (QED) is 0.752. The van der Waals surface area contributed by atoms with E-state index in [1.807, 2.05) is 0 Å². The summed E-state index contributed by atoms with van der Waals surface area (Å²) in [7, 11) is 0. The van der Waals surface area contributed by atoms with Gasteiger partial charge in [0.15, 0.2) is 0 Å². The lowest BCUT2D eigenvalue weighted by atomic mass is 9.64. The monoisotopic (exact) mass is 197 g/mol. The first kappa shape index (κ1) is 11.7. The zero-order valence-electron chi connectivity index (χ0n) is 9.73. The molecule has 0 bridgehead atoms. The summed E-state index contributed by atoms with van der Waals surface area (Å²) in [6.07, 6.45) is 4.91. The molecule has 1 rings (SSSR count). The van der Waals surface area contributed by atoms with Crippen LogP contribution >= 0.6 is 0 Å². The first-order valence-electron chi connectivity index (χ1n) is 5.63. The van der Waals surface area contributed by atoms with Crippen molar-refractivity contribution in [1.29, 1.82) is 0 Å². The molecule has 0 aromatic rings. The zero-order valence-corrected chi connectivity index (χ0v) is 9.73. The summed E-state index contributed by atoms with van der Waals surface area (Å²) >= 11 is 0. The van der Waals surface area contributed by atoms with Crippen LogP contribution in [0.3, 0.4) is 0 Å². The van der Waals surface area contributed by atoms with Crippen molar-refractivity contribution in [2.24, 2.45) is 16.6 Å².